The van der Waals surface area contributed by atoms with Gasteiger partial charge in [0.2, 0.25) is 11.8 Å². The zero-order valence-electron chi connectivity index (χ0n) is 16.4. The molecule has 0 aliphatic carbocycles. The topological polar surface area (TPSA) is 99.6 Å². The molecule has 1 aromatic carbocycles. The summed E-state index contributed by atoms with van der Waals surface area (Å²) in [6, 6.07) is 14.2. The number of aromatic nitrogens is 6. The highest BCUT2D eigenvalue weighted by atomic mass is 35.5. The van der Waals surface area contributed by atoms with Crippen LogP contribution in [-0.2, 0) is 13.0 Å². The number of halogens is 2. The van der Waals surface area contributed by atoms with Gasteiger partial charge < -0.3 is 4.42 Å². The normalized spacial score (nSPS) is 11.2. The van der Waals surface area contributed by atoms with Gasteiger partial charge >= 0.3 is 0 Å². The van der Waals surface area contributed by atoms with Gasteiger partial charge in [0.25, 0.3) is 5.56 Å². The smallest absolute Gasteiger partial charge is 0.274 e. The first-order chi connectivity index (χ1) is 15.6. The molecule has 0 atom stereocenters. The number of rotatable bonds is 5. The third-order valence-electron chi connectivity index (χ3n) is 4.83. The lowest BCUT2D eigenvalue weighted by Gasteiger charge is -2.10. The third-order valence-corrected chi connectivity index (χ3v) is 5.26. The Kier molecular flexibility index (Phi) is 5.38. The minimum atomic E-state index is -0.198. The Morgan fingerprint density at radius 2 is 1.78 bits per heavy atom. The van der Waals surface area contributed by atoms with Crippen LogP contribution >= 0.6 is 23.2 Å². The monoisotopic (exact) mass is 464 g/mol. The summed E-state index contributed by atoms with van der Waals surface area (Å²) in [4.78, 5) is 21.0. The summed E-state index contributed by atoms with van der Waals surface area (Å²) < 4.78 is 7.21. The molecule has 0 fully saturated rings. The van der Waals surface area contributed by atoms with Crippen LogP contribution in [0.3, 0.4) is 0 Å². The molecule has 158 valence electrons. The highest BCUT2D eigenvalue weighted by Gasteiger charge is 2.15. The predicted molar refractivity (Wildman–Crippen MR) is 120 cm³/mol. The lowest BCUT2D eigenvalue weighted by atomic mass is 10.1. The van der Waals surface area contributed by atoms with Gasteiger partial charge in [0.1, 0.15) is 10.3 Å². The SMILES string of the molecule is O=c1c2ccccc2c(Cc2nnc(-c3ccc(Cl)nc3)o2)nn1Cc1ccnc(Cl)c1. The van der Waals surface area contributed by atoms with Crippen molar-refractivity contribution < 1.29 is 4.42 Å². The van der Waals surface area contributed by atoms with Gasteiger partial charge in [-0.3, -0.25) is 4.79 Å². The number of hydrogen-bond acceptors (Lipinski definition) is 7. The second-order valence-electron chi connectivity index (χ2n) is 6.99. The maximum absolute atomic E-state index is 13.0. The molecule has 0 saturated heterocycles. The molecule has 0 radical (unpaired) electrons. The van der Waals surface area contributed by atoms with Crippen molar-refractivity contribution in [3.63, 3.8) is 0 Å². The Morgan fingerprint density at radius 1 is 0.938 bits per heavy atom. The lowest BCUT2D eigenvalue weighted by molar-refractivity contribution is 0.512. The van der Waals surface area contributed by atoms with Crippen LogP contribution in [0.25, 0.3) is 22.2 Å². The quantitative estimate of drug-likeness (QED) is 0.359. The Balaban J connectivity index is 1.53. The summed E-state index contributed by atoms with van der Waals surface area (Å²) in [5.74, 6) is 0.693. The first kappa shape index (κ1) is 20.3. The van der Waals surface area contributed by atoms with Gasteiger partial charge in [-0.25, -0.2) is 14.6 Å². The standard InChI is InChI=1S/C22H14Cl2N6O2/c23-18-6-5-14(11-26-18)21-28-27-20(32-21)10-17-15-3-1-2-4-16(15)22(31)30(29-17)12-13-7-8-25-19(24)9-13/h1-9,11H,10,12H2. The van der Waals surface area contributed by atoms with Crippen LogP contribution in [0.5, 0.6) is 0 Å². The molecule has 0 spiro atoms. The van der Waals surface area contributed by atoms with Crippen molar-refractivity contribution >= 4 is 34.0 Å². The van der Waals surface area contributed by atoms with Gasteiger partial charge in [-0.05, 0) is 35.9 Å². The minimum absolute atomic E-state index is 0.198. The number of hydrogen-bond donors (Lipinski definition) is 0. The molecule has 4 aromatic heterocycles. The highest BCUT2D eigenvalue weighted by Crippen LogP contribution is 2.21. The molecule has 4 heterocycles. The van der Waals surface area contributed by atoms with Crippen molar-refractivity contribution in [1.29, 1.82) is 0 Å². The van der Waals surface area contributed by atoms with E-state index in [4.69, 9.17) is 27.6 Å². The zero-order valence-corrected chi connectivity index (χ0v) is 18.0. The Hall–Kier alpha value is -3.62. The van der Waals surface area contributed by atoms with Crippen molar-refractivity contribution in [2.75, 3.05) is 0 Å². The summed E-state index contributed by atoms with van der Waals surface area (Å²) in [7, 11) is 0. The molecule has 5 aromatic rings. The van der Waals surface area contributed by atoms with Crippen molar-refractivity contribution in [2.24, 2.45) is 0 Å². The molecule has 5 rings (SSSR count). The summed E-state index contributed by atoms with van der Waals surface area (Å²) in [5, 5.41) is 14.8. The Morgan fingerprint density at radius 3 is 2.56 bits per heavy atom. The van der Waals surface area contributed by atoms with E-state index in [1.807, 2.05) is 18.2 Å². The summed E-state index contributed by atoms with van der Waals surface area (Å²) in [6.45, 7) is 0.254. The van der Waals surface area contributed by atoms with Gasteiger partial charge in [0.15, 0.2) is 0 Å². The molecular formula is C22H14Cl2N6O2. The Labute approximate surface area is 191 Å². The lowest BCUT2D eigenvalue weighted by Crippen LogP contribution is -2.25. The number of nitrogens with zero attached hydrogens (tertiary/aromatic N) is 6. The molecule has 0 aliphatic heterocycles. The van der Waals surface area contributed by atoms with Crippen LogP contribution in [0, 0.1) is 0 Å². The average molecular weight is 465 g/mol. The van der Waals surface area contributed by atoms with E-state index in [-0.39, 0.29) is 18.5 Å². The fraction of sp³-hybridized carbons (Fsp3) is 0.0909. The van der Waals surface area contributed by atoms with Crippen LogP contribution in [-0.4, -0.2) is 29.9 Å². The van der Waals surface area contributed by atoms with E-state index in [9.17, 15) is 4.79 Å². The Bertz CT molecular complexity index is 1480. The highest BCUT2D eigenvalue weighted by molar-refractivity contribution is 6.29. The first-order valence-electron chi connectivity index (χ1n) is 9.60. The minimum Gasteiger partial charge on any atom is -0.420 e. The summed E-state index contributed by atoms with van der Waals surface area (Å²) in [6.07, 6.45) is 3.41. The van der Waals surface area contributed by atoms with Crippen molar-refractivity contribution in [2.45, 2.75) is 13.0 Å². The van der Waals surface area contributed by atoms with Crippen LogP contribution in [0.4, 0.5) is 0 Å². The molecule has 32 heavy (non-hydrogen) atoms. The van der Waals surface area contributed by atoms with Crippen LogP contribution in [0.15, 0.2) is 70.1 Å². The van der Waals surface area contributed by atoms with E-state index < -0.39 is 0 Å². The number of benzene rings is 1. The summed E-state index contributed by atoms with van der Waals surface area (Å²) >= 11 is 11.8. The molecule has 10 heteroatoms. The van der Waals surface area contributed by atoms with Gasteiger partial charge in [0, 0.05) is 17.8 Å². The third kappa shape index (κ3) is 4.10. The number of fused-ring (bicyclic) bond motifs is 1. The second-order valence-corrected chi connectivity index (χ2v) is 7.76. The van der Waals surface area contributed by atoms with Crippen LogP contribution in [0.2, 0.25) is 10.3 Å². The zero-order chi connectivity index (χ0) is 22.1. The van der Waals surface area contributed by atoms with Crippen LogP contribution < -0.4 is 5.56 Å². The molecule has 8 nitrogen and oxygen atoms in total. The maximum Gasteiger partial charge on any atom is 0.274 e. The maximum atomic E-state index is 13.0. The van der Waals surface area contributed by atoms with Gasteiger partial charge in [-0.1, -0.05) is 41.4 Å². The van der Waals surface area contributed by atoms with Crippen molar-refractivity contribution in [3.05, 3.63) is 98.7 Å². The van der Waals surface area contributed by atoms with Crippen molar-refractivity contribution in [1.82, 2.24) is 29.9 Å². The van der Waals surface area contributed by atoms with Crippen molar-refractivity contribution in [3.8, 4) is 11.5 Å². The number of pyridine rings is 2. The molecule has 0 aliphatic rings. The van der Waals surface area contributed by atoms with E-state index in [2.05, 4.69) is 25.3 Å². The van der Waals surface area contributed by atoms with E-state index in [1.54, 1.807) is 42.7 Å². The van der Waals surface area contributed by atoms with Gasteiger partial charge in [0.05, 0.1) is 29.6 Å². The van der Waals surface area contributed by atoms with E-state index >= 15 is 0 Å². The van der Waals surface area contributed by atoms with Gasteiger partial charge in [-0.15, -0.1) is 10.2 Å². The fourth-order valence-electron chi connectivity index (χ4n) is 3.34. The molecule has 0 saturated carbocycles. The van der Waals surface area contributed by atoms with E-state index in [1.165, 1.54) is 4.68 Å². The fourth-order valence-corrected chi connectivity index (χ4v) is 3.65. The van der Waals surface area contributed by atoms with E-state index in [0.717, 1.165) is 10.9 Å². The first-order valence-corrected chi connectivity index (χ1v) is 10.4. The molecule has 0 N–H and O–H groups in total. The predicted octanol–water partition coefficient (Wildman–Crippen LogP) is 4.18. The van der Waals surface area contributed by atoms with Gasteiger partial charge in [-0.2, -0.15) is 5.10 Å². The summed E-state index contributed by atoms with van der Waals surface area (Å²) in [5.41, 5.74) is 1.92. The molecule has 0 amide bonds. The van der Waals surface area contributed by atoms with Crippen LogP contribution in [0.1, 0.15) is 17.1 Å². The molecule has 0 unspecified atom stereocenters. The average Bonchev–Trinajstić information content (AvgIpc) is 3.26. The molecule has 0 bridgehead atoms. The second kappa shape index (κ2) is 8.49. The largest absolute Gasteiger partial charge is 0.420 e. The molecular weight excluding hydrogens is 451 g/mol. The van der Waals surface area contributed by atoms with E-state index in [0.29, 0.717) is 38.7 Å².